The van der Waals surface area contributed by atoms with Crippen molar-refractivity contribution < 1.29 is 23.9 Å². The van der Waals surface area contributed by atoms with E-state index in [1.165, 1.54) is 7.11 Å². The molecule has 3 amide bonds. The first-order valence-electron chi connectivity index (χ1n) is 7.71. The monoisotopic (exact) mass is 357 g/mol. The molecule has 4 N–H and O–H groups in total. The lowest BCUT2D eigenvalue weighted by molar-refractivity contribution is -0.119. The van der Waals surface area contributed by atoms with Crippen LogP contribution in [-0.2, 0) is 16.1 Å². The number of anilines is 1. The molecule has 26 heavy (non-hydrogen) atoms. The Kier molecular flexibility index (Phi) is 6.55. The number of amides is 3. The number of primary amides is 1. The highest BCUT2D eigenvalue weighted by Crippen LogP contribution is 2.16. The molecule has 8 heteroatoms. The minimum Gasteiger partial charge on any atom is -0.497 e. The molecule has 0 spiro atoms. The number of nitrogens with two attached hydrogens (primary N) is 1. The molecule has 8 nitrogen and oxygen atoms in total. The molecule has 136 valence electrons. The van der Waals surface area contributed by atoms with Crippen molar-refractivity contribution in [1.29, 1.82) is 0 Å². The van der Waals surface area contributed by atoms with Gasteiger partial charge in [0.25, 0.3) is 5.91 Å². The zero-order valence-corrected chi connectivity index (χ0v) is 14.2. The van der Waals surface area contributed by atoms with Crippen molar-refractivity contribution >= 4 is 23.6 Å². The smallest absolute Gasteiger partial charge is 0.338 e. The summed E-state index contributed by atoms with van der Waals surface area (Å²) in [5.41, 5.74) is 6.60. The van der Waals surface area contributed by atoms with E-state index in [9.17, 15) is 14.4 Å². The molecule has 2 aromatic rings. The van der Waals surface area contributed by atoms with Crippen LogP contribution in [0.1, 0.15) is 15.9 Å². The fourth-order valence-corrected chi connectivity index (χ4v) is 2.06. The van der Waals surface area contributed by atoms with Gasteiger partial charge >= 0.3 is 12.0 Å². The van der Waals surface area contributed by atoms with Crippen LogP contribution in [0.2, 0.25) is 0 Å². The van der Waals surface area contributed by atoms with E-state index < -0.39 is 24.5 Å². The maximum absolute atomic E-state index is 12.0. The van der Waals surface area contributed by atoms with E-state index in [2.05, 4.69) is 10.6 Å². The second-order valence-corrected chi connectivity index (χ2v) is 5.27. The molecule has 0 aliphatic heterocycles. The van der Waals surface area contributed by atoms with Gasteiger partial charge in [0.2, 0.25) is 0 Å². The van der Waals surface area contributed by atoms with E-state index in [1.54, 1.807) is 48.5 Å². The van der Waals surface area contributed by atoms with Gasteiger partial charge in [-0.3, -0.25) is 4.79 Å². The van der Waals surface area contributed by atoms with Gasteiger partial charge in [-0.2, -0.15) is 0 Å². The SMILES string of the molecule is COc1cccc(NC(=O)COC(=O)c2ccc(CNC(N)=O)cc2)c1. The Balaban J connectivity index is 1.83. The van der Waals surface area contributed by atoms with Crippen molar-refractivity contribution in [1.82, 2.24) is 5.32 Å². The first kappa shape index (κ1) is 18.8. The third-order valence-electron chi connectivity index (χ3n) is 3.34. The maximum Gasteiger partial charge on any atom is 0.338 e. The summed E-state index contributed by atoms with van der Waals surface area (Å²) < 4.78 is 10.1. The molecule has 0 aliphatic carbocycles. The Bertz CT molecular complexity index is 790. The zero-order valence-electron chi connectivity index (χ0n) is 14.2. The number of hydrogen-bond acceptors (Lipinski definition) is 5. The lowest BCUT2D eigenvalue weighted by Crippen LogP contribution is -2.28. The molecule has 0 radical (unpaired) electrons. The number of carbonyl (C=O) groups is 3. The average Bonchev–Trinajstić information content (AvgIpc) is 2.65. The van der Waals surface area contributed by atoms with Crippen LogP contribution in [-0.4, -0.2) is 31.6 Å². The number of esters is 1. The Morgan fingerprint density at radius 3 is 2.46 bits per heavy atom. The van der Waals surface area contributed by atoms with Gasteiger partial charge < -0.3 is 25.8 Å². The summed E-state index contributed by atoms with van der Waals surface area (Å²) in [5.74, 6) is -0.486. The van der Waals surface area contributed by atoms with Crippen LogP contribution >= 0.6 is 0 Å². The van der Waals surface area contributed by atoms with Crippen molar-refractivity contribution in [2.45, 2.75) is 6.54 Å². The molecule has 0 saturated heterocycles. The summed E-state index contributed by atoms with van der Waals surface area (Å²) in [4.78, 5) is 34.5. The van der Waals surface area contributed by atoms with Crippen LogP contribution in [0.4, 0.5) is 10.5 Å². The van der Waals surface area contributed by atoms with Gasteiger partial charge in [-0.25, -0.2) is 9.59 Å². The van der Waals surface area contributed by atoms with Gasteiger partial charge in [0.15, 0.2) is 6.61 Å². The predicted octanol–water partition coefficient (Wildman–Crippen LogP) is 1.66. The van der Waals surface area contributed by atoms with Crippen LogP contribution in [0, 0.1) is 0 Å². The third kappa shape index (κ3) is 5.82. The van der Waals surface area contributed by atoms with E-state index in [-0.39, 0.29) is 6.54 Å². The molecule has 0 saturated carbocycles. The normalized spacial score (nSPS) is 9.88. The largest absolute Gasteiger partial charge is 0.497 e. The number of ether oxygens (including phenoxy) is 2. The lowest BCUT2D eigenvalue weighted by atomic mass is 10.1. The number of rotatable bonds is 7. The summed E-state index contributed by atoms with van der Waals surface area (Å²) in [6.45, 7) is -0.158. The van der Waals surface area contributed by atoms with Crippen LogP contribution in [0.25, 0.3) is 0 Å². The van der Waals surface area contributed by atoms with Crippen molar-refractivity contribution in [2.24, 2.45) is 5.73 Å². The molecule has 0 bridgehead atoms. The van der Waals surface area contributed by atoms with Gasteiger partial charge in [-0.15, -0.1) is 0 Å². The summed E-state index contributed by atoms with van der Waals surface area (Å²) >= 11 is 0. The third-order valence-corrected chi connectivity index (χ3v) is 3.34. The topological polar surface area (TPSA) is 120 Å². The maximum atomic E-state index is 12.0. The summed E-state index contributed by atoms with van der Waals surface area (Å²) in [6, 6.07) is 12.6. The summed E-state index contributed by atoms with van der Waals surface area (Å²) in [7, 11) is 1.53. The highest BCUT2D eigenvalue weighted by atomic mass is 16.5. The minimum atomic E-state index is -0.629. The Morgan fingerprint density at radius 1 is 1.08 bits per heavy atom. The molecule has 0 heterocycles. The Hall–Kier alpha value is -3.55. The number of methoxy groups -OCH3 is 1. The Morgan fingerprint density at radius 2 is 1.81 bits per heavy atom. The van der Waals surface area contributed by atoms with Crippen LogP contribution < -0.4 is 21.1 Å². The van der Waals surface area contributed by atoms with E-state index in [0.717, 1.165) is 5.56 Å². The highest BCUT2D eigenvalue weighted by molar-refractivity contribution is 5.95. The quantitative estimate of drug-likeness (QED) is 0.651. The van der Waals surface area contributed by atoms with E-state index >= 15 is 0 Å². The standard InChI is InChI=1S/C18H19N3O5/c1-25-15-4-2-3-14(9-15)21-16(22)11-26-17(23)13-7-5-12(6-8-13)10-20-18(19)24/h2-9H,10-11H2,1H3,(H,21,22)(H3,19,20,24). The number of nitrogens with one attached hydrogen (secondary N) is 2. The van der Waals surface area contributed by atoms with Gasteiger partial charge in [0, 0.05) is 18.3 Å². The second kappa shape index (κ2) is 9.07. The zero-order chi connectivity index (χ0) is 18.9. The molecule has 0 aromatic heterocycles. The van der Waals surface area contributed by atoms with Crippen LogP contribution in [0.15, 0.2) is 48.5 Å². The fourth-order valence-electron chi connectivity index (χ4n) is 2.06. The van der Waals surface area contributed by atoms with Gasteiger partial charge in [0.1, 0.15) is 5.75 Å². The van der Waals surface area contributed by atoms with Crippen molar-refractivity contribution in [3.8, 4) is 5.75 Å². The van der Waals surface area contributed by atoms with Gasteiger partial charge in [-0.05, 0) is 29.8 Å². The van der Waals surface area contributed by atoms with Crippen molar-refractivity contribution in [3.05, 3.63) is 59.7 Å². The molecule has 2 rings (SSSR count). The molecule has 0 atom stereocenters. The van der Waals surface area contributed by atoms with Gasteiger partial charge in [0.05, 0.1) is 12.7 Å². The van der Waals surface area contributed by atoms with E-state index in [1.807, 2.05) is 0 Å². The number of urea groups is 1. The first-order valence-corrected chi connectivity index (χ1v) is 7.71. The van der Waals surface area contributed by atoms with Crippen molar-refractivity contribution in [2.75, 3.05) is 19.0 Å². The minimum absolute atomic E-state index is 0.258. The molecule has 0 fully saturated rings. The predicted molar refractivity (Wildman–Crippen MR) is 94.8 cm³/mol. The Labute approximate surface area is 150 Å². The molecule has 0 aliphatic rings. The van der Waals surface area contributed by atoms with E-state index in [4.69, 9.17) is 15.2 Å². The molecule has 0 unspecified atom stereocenters. The first-order chi connectivity index (χ1) is 12.5. The number of hydrogen-bond donors (Lipinski definition) is 3. The molecular weight excluding hydrogens is 338 g/mol. The number of carbonyl (C=O) groups excluding carboxylic acids is 3. The summed E-state index contributed by atoms with van der Waals surface area (Å²) in [6.07, 6.45) is 0. The van der Waals surface area contributed by atoms with Crippen LogP contribution in [0.3, 0.4) is 0 Å². The average molecular weight is 357 g/mol. The summed E-state index contributed by atoms with van der Waals surface area (Å²) in [5, 5.41) is 5.05. The van der Waals surface area contributed by atoms with Crippen LogP contribution in [0.5, 0.6) is 5.75 Å². The van der Waals surface area contributed by atoms with Gasteiger partial charge in [-0.1, -0.05) is 18.2 Å². The second-order valence-electron chi connectivity index (χ2n) is 5.27. The molecular formula is C18H19N3O5. The number of benzene rings is 2. The van der Waals surface area contributed by atoms with E-state index in [0.29, 0.717) is 17.0 Å². The van der Waals surface area contributed by atoms with Crippen molar-refractivity contribution in [3.63, 3.8) is 0 Å². The molecule has 2 aromatic carbocycles. The lowest BCUT2D eigenvalue weighted by Gasteiger charge is -2.08. The highest BCUT2D eigenvalue weighted by Gasteiger charge is 2.11. The fraction of sp³-hybridized carbons (Fsp3) is 0.167.